The summed E-state index contributed by atoms with van der Waals surface area (Å²) >= 11 is 2.05. The van der Waals surface area contributed by atoms with E-state index >= 15 is 0 Å². The normalized spacial score (nSPS) is 27.6. The van der Waals surface area contributed by atoms with E-state index in [2.05, 4.69) is 22.1 Å². The Labute approximate surface area is 93.6 Å². The summed E-state index contributed by atoms with van der Waals surface area (Å²) in [4.78, 5) is 4.05. The maximum absolute atomic E-state index is 5.90. The molecule has 80 valence electrons. The topological polar surface area (TPSA) is 34.1 Å². The second-order valence-corrected chi connectivity index (χ2v) is 5.72. The van der Waals surface area contributed by atoms with Crippen LogP contribution in [0.15, 0.2) is 24.5 Å². The number of nitrogens with one attached hydrogen (secondary N) is 1. The van der Waals surface area contributed by atoms with Gasteiger partial charge in [0.05, 0.1) is 6.20 Å². The lowest BCUT2D eigenvalue weighted by Crippen LogP contribution is -2.56. The highest BCUT2D eigenvalue weighted by atomic mass is 32.2. The summed E-state index contributed by atoms with van der Waals surface area (Å²) in [5.74, 6) is 2.00. The van der Waals surface area contributed by atoms with Crippen LogP contribution in [0.3, 0.4) is 0 Å². The van der Waals surface area contributed by atoms with Gasteiger partial charge < -0.3 is 10.1 Å². The summed E-state index contributed by atoms with van der Waals surface area (Å²) in [5, 5.41) is 3.34. The maximum Gasteiger partial charge on any atom is 0.138 e. The molecule has 0 radical (unpaired) electrons. The SMILES string of the molecule is c1cncc(O[C@@H]2CSC3(CNC3)C2)c1. The molecule has 4 heteroatoms. The fourth-order valence-electron chi connectivity index (χ4n) is 2.14. The lowest BCUT2D eigenvalue weighted by molar-refractivity contribution is 0.194. The van der Waals surface area contributed by atoms with Crippen molar-refractivity contribution in [3.8, 4) is 5.75 Å². The summed E-state index contributed by atoms with van der Waals surface area (Å²) in [5.41, 5.74) is 0. The van der Waals surface area contributed by atoms with Crippen molar-refractivity contribution < 1.29 is 4.74 Å². The van der Waals surface area contributed by atoms with E-state index in [1.165, 1.54) is 6.42 Å². The van der Waals surface area contributed by atoms with E-state index in [1.807, 2.05) is 12.1 Å². The largest absolute Gasteiger partial charge is 0.488 e. The summed E-state index contributed by atoms with van der Waals surface area (Å²) in [7, 11) is 0. The lowest BCUT2D eigenvalue weighted by Gasteiger charge is -2.38. The second kappa shape index (κ2) is 3.68. The van der Waals surface area contributed by atoms with E-state index in [0.717, 1.165) is 24.6 Å². The lowest BCUT2D eigenvalue weighted by atomic mass is 9.96. The molecule has 0 amide bonds. The Hall–Kier alpha value is -0.740. The summed E-state index contributed by atoms with van der Waals surface area (Å²) in [6.07, 6.45) is 5.09. The quantitative estimate of drug-likeness (QED) is 0.818. The summed E-state index contributed by atoms with van der Waals surface area (Å²) < 4.78 is 6.37. The van der Waals surface area contributed by atoms with Crippen LogP contribution in [0, 0.1) is 0 Å². The Kier molecular flexibility index (Phi) is 2.33. The van der Waals surface area contributed by atoms with Crippen molar-refractivity contribution in [2.75, 3.05) is 18.8 Å². The predicted octanol–water partition coefficient (Wildman–Crippen LogP) is 1.31. The molecule has 1 spiro atoms. The van der Waals surface area contributed by atoms with Crippen molar-refractivity contribution in [2.45, 2.75) is 17.3 Å². The summed E-state index contributed by atoms with van der Waals surface area (Å²) in [6.45, 7) is 2.29. The van der Waals surface area contributed by atoms with E-state index in [1.54, 1.807) is 12.4 Å². The van der Waals surface area contributed by atoms with Gasteiger partial charge in [0, 0.05) is 36.2 Å². The molecule has 2 aliphatic rings. The Balaban J connectivity index is 1.61. The van der Waals surface area contributed by atoms with Gasteiger partial charge in [0.15, 0.2) is 0 Å². The first-order valence-electron chi connectivity index (χ1n) is 5.28. The van der Waals surface area contributed by atoms with Crippen molar-refractivity contribution in [3.63, 3.8) is 0 Å². The third-order valence-electron chi connectivity index (χ3n) is 3.01. The molecular weight excluding hydrogens is 208 g/mol. The first kappa shape index (κ1) is 9.48. The van der Waals surface area contributed by atoms with E-state index in [-0.39, 0.29) is 0 Å². The molecule has 0 aromatic carbocycles. The van der Waals surface area contributed by atoms with Gasteiger partial charge in [-0.25, -0.2) is 0 Å². The fraction of sp³-hybridized carbons (Fsp3) is 0.545. The average molecular weight is 222 g/mol. The van der Waals surface area contributed by atoms with E-state index in [9.17, 15) is 0 Å². The van der Waals surface area contributed by atoms with Gasteiger partial charge in [-0.15, -0.1) is 11.8 Å². The molecule has 3 rings (SSSR count). The molecule has 3 heterocycles. The molecular formula is C11H14N2OS. The smallest absolute Gasteiger partial charge is 0.138 e. The Morgan fingerprint density at radius 1 is 1.53 bits per heavy atom. The van der Waals surface area contributed by atoms with Crippen LogP contribution in [0.1, 0.15) is 6.42 Å². The van der Waals surface area contributed by atoms with E-state index < -0.39 is 0 Å². The highest BCUT2D eigenvalue weighted by Crippen LogP contribution is 2.42. The second-order valence-electron chi connectivity index (χ2n) is 4.23. The minimum Gasteiger partial charge on any atom is -0.488 e. The van der Waals surface area contributed by atoms with Gasteiger partial charge >= 0.3 is 0 Å². The van der Waals surface area contributed by atoms with Crippen molar-refractivity contribution >= 4 is 11.8 Å². The number of rotatable bonds is 2. The molecule has 1 atom stereocenters. The number of pyridine rings is 1. The fourth-order valence-corrected chi connectivity index (χ4v) is 3.58. The Morgan fingerprint density at radius 3 is 3.07 bits per heavy atom. The van der Waals surface area contributed by atoms with Gasteiger partial charge in [-0.1, -0.05) is 0 Å². The van der Waals surface area contributed by atoms with Crippen LogP contribution in [0.2, 0.25) is 0 Å². The zero-order chi connectivity index (χ0) is 10.1. The minimum atomic E-state index is 0.362. The Morgan fingerprint density at radius 2 is 2.47 bits per heavy atom. The van der Waals surface area contributed by atoms with E-state index in [0.29, 0.717) is 10.9 Å². The molecule has 1 N–H and O–H groups in total. The van der Waals surface area contributed by atoms with Crippen molar-refractivity contribution in [2.24, 2.45) is 0 Å². The number of hydrogen-bond donors (Lipinski definition) is 1. The van der Waals surface area contributed by atoms with Crippen molar-refractivity contribution in [1.29, 1.82) is 0 Å². The molecule has 1 aromatic rings. The van der Waals surface area contributed by atoms with E-state index in [4.69, 9.17) is 4.74 Å². The van der Waals surface area contributed by atoms with Crippen LogP contribution in [-0.4, -0.2) is 34.7 Å². The average Bonchev–Trinajstić information content (AvgIpc) is 2.63. The van der Waals surface area contributed by atoms with Crippen LogP contribution >= 0.6 is 11.8 Å². The first-order valence-corrected chi connectivity index (χ1v) is 6.26. The Bertz CT molecular complexity index is 340. The number of aromatic nitrogens is 1. The molecule has 2 saturated heterocycles. The molecule has 0 saturated carbocycles. The molecule has 0 unspecified atom stereocenters. The van der Waals surface area contributed by atoms with Crippen LogP contribution in [-0.2, 0) is 0 Å². The van der Waals surface area contributed by atoms with Crippen LogP contribution in [0.4, 0.5) is 0 Å². The molecule has 0 aliphatic carbocycles. The van der Waals surface area contributed by atoms with Crippen LogP contribution in [0.5, 0.6) is 5.75 Å². The number of nitrogens with zero attached hydrogens (tertiary/aromatic N) is 1. The minimum absolute atomic E-state index is 0.362. The third-order valence-corrected chi connectivity index (χ3v) is 4.61. The van der Waals surface area contributed by atoms with Crippen molar-refractivity contribution in [3.05, 3.63) is 24.5 Å². The number of ether oxygens (including phenoxy) is 1. The molecule has 0 bridgehead atoms. The molecule has 1 aromatic heterocycles. The summed E-state index contributed by atoms with van der Waals surface area (Å²) in [6, 6.07) is 3.89. The van der Waals surface area contributed by atoms with Gasteiger partial charge in [0.2, 0.25) is 0 Å². The monoisotopic (exact) mass is 222 g/mol. The van der Waals surface area contributed by atoms with Gasteiger partial charge in [-0.2, -0.15) is 0 Å². The van der Waals surface area contributed by atoms with Gasteiger partial charge in [-0.3, -0.25) is 4.98 Å². The highest BCUT2D eigenvalue weighted by Gasteiger charge is 2.45. The van der Waals surface area contributed by atoms with Crippen molar-refractivity contribution in [1.82, 2.24) is 10.3 Å². The maximum atomic E-state index is 5.90. The third kappa shape index (κ3) is 1.84. The molecule has 15 heavy (non-hydrogen) atoms. The van der Waals surface area contributed by atoms with Gasteiger partial charge in [0.1, 0.15) is 11.9 Å². The van der Waals surface area contributed by atoms with Crippen LogP contribution < -0.4 is 10.1 Å². The highest BCUT2D eigenvalue weighted by molar-refractivity contribution is 8.01. The molecule has 3 nitrogen and oxygen atoms in total. The van der Waals surface area contributed by atoms with Gasteiger partial charge in [-0.05, 0) is 12.1 Å². The first-order chi connectivity index (χ1) is 7.36. The number of hydrogen-bond acceptors (Lipinski definition) is 4. The standard InChI is InChI=1S/C11H14N2OS/c1-2-9(5-12-3-1)14-10-4-11(15-6-10)7-13-8-11/h1-3,5,10,13H,4,6-8H2/t10-/m0/s1. The van der Waals surface area contributed by atoms with Crippen LogP contribution in [0.25, 0.3) is 0 Å². The van der Waals surface area contributed by atoms with Gasteiger partial charge in [0.25, 0.3) is 0 Å². The zero-order valence-corrected chi connectivity index (χ0v) is 9.30. The zero-order valence-electron chi connectivity index (χ0n) is 8.48. The number of thioether (sulfide) groups is 1. The molecule has 2 aliphatic heterocycles. The predicted molar refractivity (Wildman–Crippen MR) is 61.3 cm³/mol. The molecule has 2 fully saturated rings.